The molecule has 2 amide bonds. The van der Waals surface area contributed by atoms with Crippen LogP contribution < -0.4 is 11.2 Å². The van der Waals surface area contributed by atoms with Crippen molar-refractivity contribution in [1.82, 2.24) is 5.43 Å². The highest BCUT2D eigenvalue weighted by molar-refractivity contribution is 6.31. The first kappa shape index (κ1) is 10.1. The summed E-state index contributed by atoms with van der Waals surface area (Å²) >= 11 is 5.92. The second kappa shape index (κ2) is 4.28. The minimum Gasteiger partial charge on any atom is -0.350 e. The average Bonchev–Trinajstić information content (AvgIpc) is 2.47. The highest BCUT2D eigenvalue weighted by Crippen LogP contribution is 2.29. The number of allylic oxidation sites excluding steroid dienone is 2. The van der Waals surface area contributed by atoms with E-state index in [1.54, 1.807) is 0 Å². The molecular formula is C8H12ClN3O. The van der Waals surface area contributed by atoms with Gasteiger partial charge in [-0.25, -0.2) is 10.2 Å². The van der Waals surface area contributed by atoms with Crippen LogP contribution in [0.5, 0.6) is 0 Å². The van der Waals surface area contributed by atoms with Crippen LogP contribution in [0.4, 0.5) is 4.79 Å². The topological polar surface area (TPSA) is 67.5 Å². The van der Waals surface area contributed by atoms with Crippen LogP contribution in [0.25, 0.3) is 0 Å². The number of primary amides is 1. The van der Waals surface area contributed by atoms with Gasteiger partial charge in [-0.05, 0) is 19.8 Å². The van der Waals surface area contributed by atoms with Gasteiger partial charge in [0, 0.05) is 16.7 Å². The summed E-state index contributed by atoms with van der Waals surface area (Å²) < 4.78 is 0. The third-order valence-electron chi connectivity index (χ3n) is 1.97. The van der Waals surface area contributed by atoms with Gasteiger partial charge in [0.1, 0.15) is 0 Å². The molecule has 0 saturated heterocycles. The summed E-state index contributed by atoms with van der Waals surface area (Å²) in [7, 11) is 0. The fourth-order valence-electron chi connectivity index (χ4n) is 1.30. The third kappa shape index (κ3) is 2.73. The molecule has 0 saturated carbocycles. The Morgan fingerprint density at radius 1 is 1.85 bits per heavy atom. The smallest absolute Gasteiger partial charge is 0.332 e. The summed E-state index contributed by atoms with van der Waals surface area (Å²) in [5.41, 5.74) is 7.84. The van der Waals surface area contributed by atoms with Crippen LogP contribution in [0.15, 0.2) is 16.2 Å². The molecular weight excluding hydrogens is 190 g/mol. The molecule has 3 N–H and O–H groups in total. The van der Waals surface area contributed by atoms with Crippen molar-refractivity contribution >= 4 is 23.3 Å². The van der Waals surface area contributed by atoms with E-state index >= 15 is 0 Å². The predicted molar refractivity (Wildman–Crippen MR) is 52.5 cm³/mol. The van der Waals surface area contributed by atoms with Gasteiger partial charge in [0.15, 0.2) is 0 Å². The number of rotatable bonds is 2. The molecule has 0 bridgehead atoms. The molecule has 72 valence electrons. The number of hydrogen-bond donors (Lipinski definition) is 2. The van der Waals surface area contributed by atoms with Gasteiger partial charge >= 0.3 is 6.03 Å². The SMILES string of the molecule is C/C(=N/NC(N)=O)C1CCC=C1Cl. The Hall–Kier alpha value is -1.03. The molecule has 1 atom stereocenters. The van der Waals surface area contributed by atoms with Crippen molar-refractivity contribution in [3.8, 4) is 0 Å². The van der Waals surface area contributed by atoms with E-state index in [1.165, 1.54) is 0 Å². The van der Waals surface area contributed by atoms with E-state index in [2.05, 4.69) is 10.5 Å². The number of urea groups is 1. The number of amides is 2. The fraction of sp³-hybridized carbons (Fsp3) is 0.500. The Kier molecular flexibility index (Phi) is 3.31. The van der Waals surface area contributed by atoms with Crippen LogP contribution in [0.1, 0.15) is 19.8 Å². The van der Waals surface area contributed by atoms with Gasteiger partial charge in [-0.2, -0.15) is 5.10 Å². The molecule has 1 aliphatic rings. The summed E-state index contributed by atoms with van der Waals surface area (Å²) in [4.78, 5) is 10.4. The molecule has 13 heavy (non-hydrogen) atoms. The zero-order chi connectivity index (χ0) is 9.84. The first-order chi connectivity index (χ1) is 6.11. The van der Waals surface area contributed by atoms with Crippen LogP contribution in [0.2, 0.25) is 0 Å². The first-order valence-corrected chi connectivity index (χ1v) is 4.44. The quantitative estimate of drug-likeness (QED) is 0.517. The Balaban J connectivity index is 2.56. The Bertz CT molecular complexity index is 273. The summed E-state index contributed by atoms with van der Waals surface area (Å²) in [6, 6.07) is -0.655. The molecule has 1 rings (SSSR count). The Morgan fingerprint density at radius 3 is 3.00 bits per heavy atom. The first-order valence-electron chi connectivity index (χ1n) is 4.06. The number of hydrogen-bond acceptors (Lipinski definition) is 2. The summed E-state index contributed by atoms with van der Waals surface area (Å²) in [6.45, 7) is 1.82. The molecule has 0 aromatic heterocycles. The minimum atomic E-state index is -0.655. The van der Waals surface area contributed by atoms with Crippen molar-refractivity contribution in [2.24, 2.45) is 16.8 Å². The lowest BCUT2D eigenvalue weighted by Gasteiger charge is -2.09. The highest BCUT2D eigenvalue weighted by Gasteiger charge is 2.20. The maximum absolute atomic E-state index is 10.4. The molecule has 0 spiro atoms. The average molecular weight is 202 g/mol. The number of carbonyl (C=O) groups excluding carboxylic acids is 1. The van der Waals surface area contributed by atoms with E-state index in [0.29, 0.717) is 0 Å². The summed E-state index contributed by atoms with van der Waals surface area (Å²) in [5.74, 6) is 0.147. The fourth-order valence-corrected chi connectivity index (χ4v) is 1.67. The standard InChI is InChI=1S/C8H12ClN3O/c1-5(11-12-8(10)13)6-3-2-4-7(6)9/h4,6H,2-3H2,1H3,(H3,10,12,13)/b11-5-. The molecule has 0 aromatic carbocycles. The maximum Gasteiger partial charge on any atom is 0.332 e. The number of nitrogens with zero attached hydrogens (tertiary/aromatic N) is 1. The van der Waals surface area contributed by atoms with Crippen molar-refractivity contribution in [2.75, 3.05) is 0 Å². The maximum atomic E-state index is 10.4. The lowest BCUT2D eigenvalue weighted by atomic mass is 10.0. The van der Waals surface area contributed by atoms with E-state index in [-0.39, 0.29) is 5.92 Å². The van der Waals surface area contributed by atoms with E-state index in [0.717, 1.165) is 23.6 Å². The van der Waals surface area contributed by atoms with Crippen LogP contribution in [-0.2, 0) is 0 Å². The van der Waals surface area contributed by atoms with Crippen LogP contribution in [-0.4, -0.2) is 11.7 Å². The second-order valence-corrected chi connectivity index (χ2v) is 3.38. The molecule has 0 heterocycles. The van der Waals surface area contributed by atoms with Gasteiger partial charge in [-0.1, -0.05) is 17.7 Å². The van der Waals surface area contributed by atoms with Crippen LogP contribution >= 0.6 is 11.6 Å². The Morgan fingerprint density at radius 2 is 2.54 bits per heavy atom. The van der Waals surface area contributed by atoms with Crippen LogP contribution in [0, 0.1) is 5.92 Å². The number of nitrogens with one attached hydrogen (secondary N) is 1. The van der Waals surface area contributed by atoms with Gasteiger partial charge in [0.2, 0.25) is 0 Å². The lowest BCUT2D eigenvalue weighted by Crippen LogP contribution is -2.26. The zero-order valence-corrected chi connectivity index (χ0v) is 8.14. The minimum absolute atomic E-state index is 0.147. The van der Waals surface area contributed by atoms with Crippen molar-refractivity contribution in [2.45, 2.75) is 19.8 Å². The van der Waals surface area contributed by atoms with E-state index < -0.39 is 6.03 Å². The largest absolute Gasteiger partial charge is 0.350 e. The summed E-state index contributed by atoms with van der Waals surface area (Å²) in [5, 5.41) is 4.62. The Labute approximate surface area is 81.8 Å². The van der Waals surface area contributed by atoms with Gasteiger partial charge in [0.25, 0.3) is 0 Å². The monoisotopic (exact) mass is 201 g/mol. The molecule has 0 aromatic rings. The van der Waals surface area contributed by atoms with E-state index in [1.807, 2.05) is 13.0 Å². The van der Waals surface area contributed by atoms with Crippen molar-refractivity contribution < 1.29 is 4.79 Å². The van der Waals surface area contributed by atoms with Gasteiger partial charge in [-0.3, -0.25) is 0 Å². The van der Waals surface area contributed by atoms with Crippen molar-refractivity contribution in [3.05, 3.63) is 11.1 Å². The molecule has 1 aliphatic carbocycles. The number of hydrazone groups is 1. The third-order valence-corrected chi connectivity index (χ3v) is 2.39. The number of nitrogens with two attached hydrogens (primary N) is 1. The molecule has 0 aliphatic heterocycles. The van der Waals surface area contributed by atoms with Gasteiger partial charge in [-0.15, -0.1) is 0 Å². The second-order valence-electron chi connectivity index (χ2n) is 2.95. The lowest BCUT2D eigenvalue weighted by molar-refractivity contribution is 0.249. The number of carbonyl (C=O) groups is 1. The van der Waals surface area contributed by atoms with Crippen molar-refractivity contribution in [1.29, 1.82) is 0 Å². The molecule has 4 nitrogen and oxygen atoms in total. The number of halogens is 1. The van der Waals surface area contributed by atoms with Gasteiger partial charge < -0.3 is 5.73 Å². The van der Waals surface area contributed by atoms with Gasteiger partial charge in [0.05, 0.1) is 0 Å². The normalized spacial score (nSPS) is 22.8. The highest BCUT2D eigenvalue weighted by atomic mass is 35.5. The van der Waals surface area contributed by atoms with E-state index in [4.69, 9.17) is 17.3 Å². The molecule has 5 heteroatoms. The molecule has 0 radical (unpaired) electrons. The van der Waals surface area contributed by atoms with Crippen LogP contribution in [0.3, 0.4) is 0 Å². The van der Waals surface area contributed by atoms with E-state index in [9.17, 15) is 4.79 Å². The predicted octanol–water partition coefficient (Wildman–Crippen LogP) is 1.56. The van der Waals surface area contributed by atoms with Crippen molar-refractivity contribution in [3.63, 3.8) is 0 Å². The zero-order valence-electron chi connectivity index (χ0n) is 7.38. The molecule has 1 unspecified atom stereocenters. The molecule has 0 fully saturated rings. The summed E-state index contributed by atoms with van der Waals surface area (Å²) in [6.07, 6.45) is 3.89.